The van der Waals surface area contributed by atoms with Crippen LogP contribution >= 0.6 is 0 Å². The topological polar surface area (TPSA) is 180 Å². The van der Waals surface area contributed by atoms with E-state index in [9.17, 15) is 37.5 Å². The van der Waals surface area contributed by atoms with Crippen LogP contribution in [-0.2, 0) is 20.5 Å². The highest BCUT2D eigenvalue weighted by atomic mass is 19.4. The monoisotopic (exact) mass is 951 g/mol. The van der Waals surface area contributed by atoms with Crippen LogP contribution in [0.5, 0.6) is 0 Å². The van der Waals surface area contributed by atoms with Crippen LogP contribution in [0.1, 0.15) is 119 Å². The summed E-state index contributed by atoms with van der Waals surface area (Å²) in [6.07, 6.45) is 1.64. The summed E-state index contributed by atoms with van der Waals surface area (Å²) >= 11 is 0. The van der Waals surface area contributed by atoms with Gasteiger partial charge in [0.05, 0.1) is 60.6 Å². The van der Waals surface area contributed by atoms with E-state index in [2.05, 4.69) is 25.2 Å². The number of likely N-dealkylation sites (N-methyl/N-ethyl adjacent to an activating group) is 1. The molecule has 0 spiro atoms. The Bertz CT molecular complexity index is 2610. The van der Waals surface area contributed by atoms with Gasteiger partial charge in [-0.3, -0.25) is 14.5 Å². The molecule has 5 heterocycles. The van der Waals surface area contributed by atoms with E-state index < -0.39 is 36.0 Å². The number of likely N-dealkylation sites (tertiary alicyclic amines) is 2. The van der Waals surface area contributed by atoms with Gasteiger partial charge in [0.15, 0.2) is 0 Å². The zero-order chi connectivity index (χ0) is 49.3. The first-order valence-corrected chi connectivity index (χ1v) is 23.6. The number of methoxy groups -OCH3 is 1. The Morgan fingerprint density at radius 2 is 1.19 bits per heavy atom. The standard InChI is InChI=1S/C51H60F3N9O6/c1-29(2)43(59-49(66)69-6)47(64)61-25-7-9-41(61)45-55-27-37(57-45)31-11-15-33(16-12-31)39-23-24-40(63(39)36-21-19-35(20-22-36)51(52,53)54)34-17-13-32(14-18-34)38-28-56-46(58-38)42-10-8-26-62(42)48(65)44(30(3)4)60(5)50(67)68/h11-22,27-30,39-44H,7-10,23-26H2,1-6H3,(H,55,57)(H,56,58)(H,59,66)(H,67,68)/t39?,40?,41-,42-,43-,44-/m0/s1. The Hall–Kier alpha value is -6.85. The van der Waals surface area contributed by atoms with Gasteiger partial charge in [-0.2, -0.15) is 13.2 Å². The number of carboxylic acid groups (broad SMARTS) is 1. The van der Waals surface area contributed by atoms with Crippen LogP contribution in [0.25, 0.3) is 22.5 Å². The number of nitrogens with one attached hydrogen (secondary N) is 3. The summed E-state index contributed by atoms with van der Waals surface area (Å²) in [5.74, 6) is 0.465. The minimum atomic E-state index is -4.48. The predicted molar refractivity (Wildman–Crippen MR) is 253 cm³/mol. The van der Waals surface area contributed by atoms with Crippen LogP contribution in [-0.4, -0.2) is 103 Å². The van der Waals surface area contributed by atoms with Crippen molar-refractivity contribution in [2.24, 2.45) is 11.8 Å². The number of rotatable bonds is 13. The molecule has 5 aromatic rings. The fourth-order valence-corrected chi connectivity index (χ4v) is 10.4. The third kappa shape index (κ3) is 10.0. The second kappa shape index (κ2) is 20.0. The van der Waals surface area contributed by atoms with Crippen molar-refractivity contribution in [2.75, 3.05) is 32.1 Å². The van der Waals surface area contributed by atoms with Crippen LogP contribution < -0.4 is 10.2 Å². The Balaban J connectivity index is 1.01. The van der Waals surface area contributed by atoms with Crippen molar-refractivity contribution in [1.29, 1.82) is 0 Å². The maximum absolute atomic E-state index is 13.8. The normalized spacial score (nSPS) is 20.4. The number of ether oxygens (including phenoxy) is 1. The van der Waals surface area contributed by atoms with Gasteiger partial charge in [-0.25, -0.2) is 19.6 Å². The van der Waals surface area contributed by atoms with Gasteiger partial charge in [0.25, 0.3) is 0 Å². The number of anilines is 1. The van der Waals surface area contributed by atoms with Crippen molar-refractivity contribution in [2.45, 2.75) is 109 Å². The smallest absolute Gasteiger partial charge is 0.416 e. The second-order valence-electron chi connectivity index (χ2n) is 19.0. The van der Waals surface area contributed by atoms with Gasteiger partial charge in [-0.15, -0.1) is 0 Å². The Morgan fingerprint density at radius 1 is 0.710 bits per heavy atom. The van der Waals surface area contributed by atoms with E-state index in [1.54, 1.807) is 34.3 Å². The molecule has 69 heavy (non-hydrogen) atoms. The van der Waals surface area contributed by atoms with E-state index in [-0.39, 0.29) is 47.8 Å². The number of imidazole rings is 2. The fraction of sp³-hybridized carbons (Fsp3) is 0.451. The highest BCUT2D eigenvalue weighted by Gasteiger charge is 2.41. The zero-order valence-electron chi connectivity index (χ0n) is 39.7. The van der Waals surface area contributed by atoms with E-state index in [0.29, 0.717) is 43.3 Å². The van der Waals surface area contributed by atoms with Crippen molar-refractivity contribution in [1.82, 2.24) is 40.0 Å². The number of amides is 4. The molecule has 4 N–H and O–H groups in total. The molecule has 18 heteroatoms. The number of carbonyl (C=O) groups excluding carboxylic acids is 3. The summed E-state index contributed by atoms with van der Waals surface area (Å²) in [5.41, 5.74) is 5.23. The molecule has 2 unspecified atom stereocenters. The lowest BCUT2D eigenvalue weighted by atomic mass is 10.0. The number of hydrogen-bond donors (Lipinski definition) is 4. The van der Waals surface area contributed by atoms with Crippen molar-refractivity contribution in [3.05, 3.63) is 114 Å². The first-order valence-electron chi connectivity index (χ1n) is 23.6. The second-order valence-corrected chi connectivity index (χ2v) is 19.0. The average molecular weight is 952 g/mol. The Labute approximate surface area is 399 Å². The van der Waals surface area contributed by atoms with E-state index >= 15 is 0 Å². The van der Waals surface area contributed by atoms with Gasteiger partial charge in [0.2, 0.25) is 11.8 Å². The van der Waals surface area contributed by atoms with Gasteiger partial charge in [0, 0.05) is 25.8 Å². The number of alkyl carbamates (subject to hydrolysis) is 1. The summed E-state index contributed by atoms with van der Waals surface area (Å²) < 4.78 is 46.0. The first kappa shape index (κ1) is 48.6. The molecule has 3 fully saturated rings. The maximum atomic E-state index is 13.8. The minimum absolute atomic E-state index is 0.152. The molecular formula is C51H60F3N9O6. The molecule has 6 atom stereocenters. The summed E-state index contributed by atoms with van der Waals surface area (Å²) in [6, 6.07) is 19.0. The fourth-order valence-electron chi connectivity index (χ4n) is 10.4. The summed E-state index contributed by atoms with van der Waals surface area (Å²) in [6.45, 7) is 8.45. The number of aromatic amines is 2. The molecule has 4 amide bonds. The van der Waals surface area contributed by atoms with Gasteiger partial charge >= 0.3 is 18.4 Å². The number of carbonyl (C=O) groups is 4. The van der Waals surface area contributed by atoms with E-state index in [4.69, 9.17) is 9.72 Å². The van der Waals surface area contributed by atoms with Crippen molar-refractivity contribution in [3.63, 3.8) is 0 Å². The molecule has 2 aromatic heterocycles. The maximum Gasteiger partial charge on any atom is 0.416 e. The number of hydrogen-bond acceptors (Lipinski definition) is 8. The molecule has 8 rings (SSSR count). The molecule has 0 bridgehead atoms. The van der Waals surface area contributed by atoms with Gasteiger partial charge in [0.1, 0.15) is 23.7 Å². The molecule has 3 aliphatic heterocycles. The minimum Gasteiger partial charge on any atom is -0.465 e. The average Bonchev–Trinajstić information content (AvgIpc) is 4.20. The van der Waals surface area contributed by atoms with Gasteiger partial charge < -0.3 is 39.8 Å². The zero-order valence-corrected chi connectivity index (χ0v) is 39.7. The molecule has 3 aromatic carbocycles. The third-order valence-corrected chi connectivity index (χ3v) is 14.0. The van der Waals surface area contributed by atoms with Gasteiger partial charge in [-0.1, -0.05) is 76.2 Å². The predicted octanol–water partition coefficient (Wildman–Crippen LogP) is 9.91. The van der Waals surface area contributed by atoms with Crippen molar-refractivity contribution in [3.8, 4) is 22.5 Å². The molecule has 0 saturated carbocycles. The van der Waals surface area contributed by atoms with E-state index in [1.165, 1.54) is 14.2 Å². The largest absolute Gasteiger partial charge is 0.465 e. The first-order chi connectivity index (χ1) is 32.9. The molecule has 3 aliphatic rings. The highest BCUT2D eigenvalue weighted by Crippen LogP contribution is 2.48. The summed E-state index contributed by atoms with van der Waals surface area (Å²) in [5, 5.41) is 12.4. The number of benzene rings is 3. The van der Waals surface area contributed by atoms with Crippen LogP contribution in [0.4, 0.5) is 28.4 Å². The lowest BCUT2D eigenvalue weighted by molar-refractivity contribution is -0.139. The third-order valence-electron chi connectivity index (χ3n) is 14.0. The SMILES string of the molecule is COC(=O)N[C@H](C(=O)N1CCC[C@H]1c1ncc(-c2ccc(C3CCC(c4ccc(-c5cnc([C@@H]6CCCN6C(=O)[C@H](C(C)C)N(C)C(=O)O)[nH]5)cc4)N3c3ccc(C(F)(F)F)cc3)cc2)[nH]1)C(C)C. The molecule has 15 nitrogen and oxygen atoms in total. The lowest BCUT2D eigenvalue weighted by Gasteiger charge is -2.33. The highest BCUT2D eigenvalue weighted by molar-refractivity contribution is 5.87. The summed E-state index contributed by atoms with van der Waals surface area (Å²) in [4.78, 5) is 74.4. The molecule has 366 valence electrons. The number of alkyl halides is 3. The van der Waals surface area contributed by atoms with E-state index in [0.717, 1.165) is 76.4 Å². The summed E-state index contributed by atoms with van der Waals surface area (Å²) in [7, 11) is 2.69. The molecular weight excluding hydrogens is 892 g/mol. The Kier molecular flexibility index (Phi) is 14.1. The van der Waals surface area contributed by atoms with Gasteiger partial charge in [-0.05, 0) is 96.9 Å². The van der Waals surface area contributed by atoms with E-state index in [1.807, 2.05) is 76.2 Å². The number of H-pyrrole nitrogens is 2. The number of halogens is 3. The number of nitrogens with zero attached hydrogens (tertiary/aromatic N) is 6. The quantitative estimate of drug-likeness (QED) is 0.0894. The van der Waals surface area contributed by atoms with Crippen molar-refractivity contribution >= 4 is 29.7 Å². The Morgan fingerprint density at radius 3 is 1.61 bits per heavy atom. The molecule has 3 saturated heterocycles. The molecule has 0 radical (unpaired) electrons. The lowest BCUT2D eigenvalue weighted by Crippen LogP contribution is -2.51. The van der Waals surface area contributed by atoms with Crippen LogP contribution in [0.15, 0.2) is 85.2 Å². The number of aromatic nitrogens is 4. The van der Waals surface area contributed by atoms with Crippen molar-refractivity contribution < 1.29 is 42.2 Å². The van der Waals surface area contributed by atoms with Crippen LogP contribution in [0, 0.1) is 11.8 Å². The van der Waals surface area contributed by atoms with Crippen LogP contribution in [0.2, 0.25) is 0 Å². The molecule has 0 aliphatic carbocycles. The van der Waals surface area contributed by atoms with Crippen LogP contribution in [0.3, 0.4) is 0 Å².